The van der Waals surface area contributed by atoms with Crippen LogP contribution in [0.15, 0.2) is 6.07 Å². The van der Waals surface area contributed by atoms with E-state index in [2.05, 4.69) is 10.3 Å². The molecule has 2 saturated heterocycles. The quantitative estimate of drug-likeness (QED) is 0.503. The lowest BCUT2D eigenvalue weighted by molar-refractivity contribution is -0.146. The van der Waals surface area contributed by atoms with Crippen molar-refractivity contribution in [3.05, 3.63) is 16.7 Å². The van der Waals surface area contributed by atoms with Crippen molar-refractivity contribution in [2.24, 2.45) is 5.92 Å². The lowest BCUT2D eigenvalue weighted by Gasteiger charge is -2.39. The summed E-state index contributed by atoms with van der Waals surface area (Å²) in [6.45, 7) is 2.20. The van der Waals surface area contributed by atoms with Crippen molar-refractivity contribution in [1.29, 1.82) is 0 Å². The molecular weight excluding hydrogens is 454 g/mol. The molecule has 2 amide bonds. The number of aliphatic carboxylic acids is 1. The van der Waals surface area contributed by atoms with Crippen LogP contribution in [0.2, 0.25) is 5.02 Å². The summed E-state index contributed by atoms with van der Waals surface area (Å²) in [6.07, 6.45) is 1.21. The number of aromatic nitrogens is 1. The van der Waals surface area contributed by atoms with Crippen LogP contribution >= 0.6 is 11.6 Å². The first-order valence-electron chi connectivity index (χ1n) is 10.8. The second kappa shape index (κ2) is 11.0. The lowest BCUT2D eigenvalue weighted by Crippen LogP contribution is -2.56. The number of piperidine rings is 2. The van der Waals surface area contributed by atoms with Crippen molar-refractivity contribution in [3.63, 3.8) is 0 Å². The van der Waals surface area contributed by atoms with E-state index in [1.54, 1.807) is 12.0 Å². The minimum absolute atomic E-state index is 0.0245. The van der Waals surface area contributed by atoms with Crippen LogP contribution in [-0.2, 0) is 14.3 Å². The Bertz CT molecular complexity index is 892. The van der Waals surface area contributed by atoms with Crippen LogP contribution in [-0.4, -0.2) is 96.8 Å². The number of carboxylic acids is 1. The van der Waals surface area contributed by atoms with Gasteiger partial charge in [-0.1, -0.05) is 11.6 Å². The summed E-state index contributed by atoms with van der Waals surface area (Å²) < 4.78 is 10.8. The second-order valence-corrected chi connectivity index (χ2v) is 8.69. The molecule has 11 nitrogen and oxygen atoms in total. The SMILES string of the molecule is COc1nc(N)c(Cl)cc1C(=O)N[C@H]1CCN(CC(=O)N2CCC(C(=O)O)CC2)C[C@H]1OC. The highest BCUT2D eigenvalue weighted by atomic mass is 35.5. The summed E-state index contributed by atoms with van der Waals surface area (Å²) in [5.41, 5.74) is 5.86. The van der Waals surface area contributed by atoms with Crippen LogP contribution in [0.4, 0.5) is 5.82 Å². The van der Waals surface area contributed by atoms with Crippen molar-refractivity contribution in [1.82, 2.24) is 20.1 Å². The molecule has 0 aromatic carbocycles. The Morgan fingerprint density at radius 1 is 1.24 bits per heavy atom. The van der Waals surface area contributed by atoms with Gasteiger partial charge < -0.3 is 30.5 Å². The Hall–Kier alpha value is -2.63. The maximum absolute atomic E-state index is 12.9. The van der Waals surface area contributed by atoms with Crippen LogP contribution in [0.3, 0.4) is 0 Å². The van der Waals surface area contributed by atoms with Gasteiger partial charge in [0.05, 0.1) is 36.7 Å². The third-order valence-electron chi connectivity index (χ3n) is 6.22. The summed E-state index contributed by atoms with van der Waals surface area (Å²) in [4.78, 5) is 44.4. The van der Waals surface area contributed by atoms with Crippen LogP contribution < -0.4 is 15.8 Å². The zero-order chi connectivity index (χ0) is 24.1. The Morgan fingerprint density at radius 3 is 2.55 bits per heavy atom. The van der Waals surface area contributed by atoms with Gasteiger partial charge in [0.15, 0.2) is 0 Å². The number of ether oxygens (including phenoxy) is 2. The molecule has 0 unspecified atom stereocenters. The standard InChI is InChI=1S/C21H30ClN5O6/c1-32-16-10-26(11-17(28)27-7-3-12(4-8-27)21(30)31)6-5-15(16)24-19(29)13-9-14(22)18(23)25-20(13)33-2/h9,12,15-16H,3-8,10-11H2,1-2H3,(H2,23,25)(H,24,29)(H,30,31)/t15-,16+/m0/s1. The Kier molecular flexibility index (Phi) is 8.33. The molecule has 1 aromatic heterocycles. The number of nitrogens with one attached hydrogen (secondary N) is 1. The normalized spacial score (nSPS) is 22.1. The van der Waals surface area contributed by atoms with Crippen LogP contribution in [0.5, 0.6) is 5.88 Å². The van der Waals surface area contributed by atoms with Gasteiger partial charge in [-0.2, -0.15) is 4.98 Å². The van der Waals surface area contributed by atoms with E-state index >= 15 is 0 Å². The number of rotatable bonds is 7. The molecular formula is C21H30ClN5O6. The molecule has 0 bridgehead atoms. The highest BCUT2D eigenvalue weighted by molar-refractivity contribution is 6.33. The fourth-order valence-electron chi connectivity index (χ4n) is 4.25. The summed E-state index contributed by atoms with van der Waals surface area (Å²) in [6, 6.07) is 1.14. The van der Waals surface area contributed by atoms with Crippen LogP contribution in [0.25, 0.3) is 0 Å². The Labute approximate surface area is 197 Å². The van der Waals surface area contributed by atoms with Crippen molar-refractivity contribution >= 4 is 35.2 Å². The molecule has 4 N–H and O–H groups in total. The summed E-state index contributed by atoms with van der Waals surface area (Å²) in [5.74, 6) is -1.45. The van der Waals surface area contributed by atoms with Gasteiger partial charge in [0.1, 0.15) is 11.4 Å². The molecule has 3 heterocycles. The largest absolute Gasteiger partial charge is 0.481 e. The number of carboxylic acid groups (broad SMARTS) is 1. The molecule has 0 aliphatic carbocycles. The van der Waals surface area contributed by atoms with Gasteiger partial charge in [-0.3, -0.25) is 19.3 Å². The number of methoxy groups -OCH3 is 2. The molecule has 0 saturated carbocycles. The van der Waals surface area contributed by atoms with E-state index in [-0.39, 0.29) is 52.8 Å². The number of nitrogen functional groups attached to an aromatic ring is 1. The molecule has 33 heavy (non-hydrogen) atoms. The zero-order valence-corrected chi connectivity index (χ0v) is 19.5. The minimum Gasteiger partial charge on any atom is -0.481 e. The number of anilines is 1. The molecule has 0 radical (unpaired) electrons. The van der Waals surface area contributed by atoms with Crippen molar-refractivity contribution in [3.8, 4) is 5.88 Å². The number of hydrogen-bond donors (Lipinski definition) is 3. The summed E-state index contributed by atoms with van der Waals surface area (Å²) in [7, 11) is 2.96. The number of carbonyl (C=O) groups is 3. The third kappa shape index (κ3) is 6.04. The van der Waals surface area contributed by atoms with Gasteiger partial charge in [-0.15, -0.1) is 0 Å². The number of pyridine rings is 1. The number of likely N-dealkylation sites (tertiary alicyclic amines) is 2. The van der Waals surface area contributed by atoms with Gasteiger partial charge in [-0.05, 0) is 25.3 Å². The fourth-order valence-corrected chi connectivity index (χ4v) is 4.40. The highest BCUT2D eigenvalue weighted by Crippen LogP contribution is 2.26. The maximum Gasteiger partial charge on any atom is 0.306 e. The van der Waals surface area contributed by atoms with E-state index in [0.717, 1.165) is 0 Å². The molecule has 0 spiro atoms. The molecule has 2 aliphatic heterocycles. The summed E-state index contributed by atoms with van der Waals surface area (Å²) >= 11 is 6.02. The van der Waals surface area contributed by atoms with Crippen LogP contribution in [0.1, 0.15) is 29.6 Å². The monoisotopic (exact) mass is 483 g/mol. The third-order valence-corrected chi connectivity index (χ3v) is 6.53. The Morgan fingerprint density at radius 2 is 1.94 bits per heavy atom. The predicted molar refractivity (Wildman–Crippen MR) is 120 cm³/mol. The van der Waals surface area contributed by atoms with Gasteiger partial charge in [0.2, 0.25) is 11.8 Å². The van der Waals surface area contributed by atoms with Gasteiger partial charge in [-0.25, -0.2) is 0 Å². The number of hydrogen-bond acceptors (Lipinski definition) is 8. The maximum atomic E-state index is 12.9. The molecule has 2 fully saturated rings. The first-order valence-corrected chi connectivity index (χ1v) is 11.2. The first kappa shape index (κ1) is 25.0. The number of halogens is 1. The van der Waals surface area contributed by atoms with E-state index in [1.807, 2.05) is 4.90 Å². The second-order valence-electron chi connectivity index (χ2n) is 8.28. The Balaban J connectivity index is 1.55. The molecule has 182 valence electrons. The minimum atomic E-state index is -0.802. The van der Waals surface area contributed by atoms with Crippen molar-refractivity contribution in [2.75, 3.05) is 52.7 Å². The van der Waals surface area contributed by atoms with Crippen molar-refractivity contribution < 1.29 is 29.0 Å². The number of nitrogens with two attached hydrogens (primary N) is 1. The average Bonchev–Trinajstić information content (AvgIpc) is 2.81. The van der Waals surface area contributed by atoms with E-state index in [0.29, 0.717) is 45.4 Å². The lowest BCUT2D eigenvalue weighted by atomic mass is 9.97. The van der Waals surface area contributed by atoms with E-state index in [9.17, 15) is 14.4 Å². The molecule has 12 heteroatoms. The van der Waals surface area contributed by atoms with Crippen LogP contribution in [0, 0.1) is 5.92 Å². The number of carbonyl (C=O) groups excluding carboxylic acids is 2. The number of amides is 2. The fraction of sp³-hybridized carbons (Fsp3) is 0.619. The molecule has 3 rings (SSSR count). The summed E-state index contributed by atoms with van der Waals surface area (Å²) in [5, 5.41) is 12.2. The van der Waals surface area contributed by atoms with E-state index in [4.69, 9.17) is 31.9 Å². The first-order chi connectivity index (χ1) is 15.7. The smallest absolute Gasteiger partial charge is 0.306 e. The average molecular weight is 484 g/mol. The molecule has 2 aliphatic rings. The van der Waals surface area contributed by atoms with E-state index in [1.165, 1.54) is 13.2 Å². The van der Waals surface area contributed by atoms with Crippen molar-refractivity contribution in [2.45, 2.75) is 31.4 Å². The van der Waals surface area contributed by atoms with Gasteiger partial charge >= 0.3 is 5.97 Å². The van der Waals surface area contributed by atoms with Gasteiger partial charge in [0.25, 0.3) is 5.91 Å². The topological polar surface area (TPSA) is 147 Å². The number of nitrogens with zero attached hydrogens (tertiary/aromatic N) is 3. The highest BCUT2D eigenvalue weighted by Gasteiger charge is 2.34. The predicted octanol–water partition coefficient (Wildman–Crippen LogP) is 0.468. The van der Waals surface area contributed by atoms with E-state index < -0.39 is 11.9 Å². The molecule has 1 aromatic rings. The van der Waals surface area contributed by atoms with Gasteiger partial charge in [0, 0.05) is 33.3 Å². The zero-order valence-electron chi connectivity index (χ0n) is 18.8. The molecule has 2 atom stereocenters.